The van der Waals surface area contributed by atoms with Crippen molar-refractivity contribution in [1.82, 2.24) is 5.32 Å². The van der Waals surface area contributed by atoms with Crippen LogP contribution in [0.25, 0.3) is 0 Å². The number of nitrogens with one attached hydrogen (secondary N) is 1. The first kappa shape index (κ1) is 17.8. The number of carboxylic acid groups (broad SMARTS) is 1. The molecule has 0 saturated carbocycles. The Balaban J connectivity index is 2.38. The normalized spacial score (nSPS) is 21.7. The second kappa shape index (κ2) is 7.69. The van der Waals surface area contributed by atoms with Crippen LogP contribution in [0.15, 0.2) is 0 Å². The van der Waals surface area contributed by atoms with Crippen LogP contribution in [0.2, 0.25) is 0 Å². The third kappa shape index (κ3) is 6.85. The molecule has 1 aliphatic heterocycles. The first-order valence-corrected chi connectivity index (χ1v) is 6.88. The summed E-state index contributed by atoms with van der Waals surface area (Å²) in [5, 5.41) is 21.4. The van der Waals surface area contributed by atoms with Gasteiger partial charge in [0.15, 0.2) is 6.29 Å². The predicted octanol–water partition coefficient (Wildman–Crippen LogP) is -0.598. The number of amides is 1. The highest BCUT2D eigenvalue weighted by Gasteiger charge is 2.30. The van der Waals surface area contributed by atoms with Gasteiger partial charge in [-0.25, -0.2) is 0 Å². The number of nitrogens with two attached hydrogens (primary N) is 1. The summed E-state index contributed by atoms with van der Waals surface area (Å²) in [4.78, 5) is 21.7. The summed E-state index contributed by atoms with van der Waals surface area (Å²) in [6, 6.07) is -1.05. The Kier molecular flexibility index (Phi) is 6.53. The van der Waals surface area contributed by atoms with Crippen LogP contribution < -0.4 is 11.1 Å². The van der Waals surface area contributed by atoms with Crippen molar-refractivity contribution in [3.63, 3.8) is 0 Å². The number of carbonyl (C=O) groups excluding carboxylic acids is 1. The molecule has 5 N–H and O–H groups in total. The molecule has 0 bridgehead atoms. The Morgan fingerprint density at radius 3 is 2.43 bits per heavy atom. The summed E-state index contributed by atoms with van der Waals surface area (Å²) in [5.74, 6) is -1.74. The zero-order chi connectivity index (χ0) is 16.0. The first-order chi connectivity index (χ1) is 9.69. The van der Waals surface area contributed by atoms with E-state index < -0.39 is 30.4 Å². The SMILES string of the molecule is CC1(C)COC(CC(O)N[C@@H](CCC(N)=O)C(=O)O)OC1. The Hall–Kier alpha value is -1.22. The van der Waals surface area contributed by atoms with E-state index >= 15 is 0 Å². The Labute approximate surface area is 123 Å². The third-order valence-corrected chi connectivity index (χ3v) is 3.11. The van der Waals surface area contributed by atoms with Gasteiger partial charge in [-0.1, -0.05) is 13.8 Å². The molecule has 0 aromatic carbocycles. The number of hydrogen-bond donors (Lipinski definition) is 4. The molecule has 0 radical (unpaired) electrons. The lowest BCUT2D eigenvalue weighted by atomic mass is 9.95. The Morgan fingerprint density at radius 2 is 1.95 bits per heavy atom. The molecule has 1 amide bonds. The maximum absolute atomic E-state index is 11.0. The van der Waals surface area contributed by atoms with Gasteiger partial charge in [0.2, 0.25) is 5.91 Å². The molecule has 2 atom stereocenters. The number of aliphatic hydroxyl groups is 1. The highest BCUT2D eigenvalue weighted by molar-refractivity contribution is 5.77. The quantitative estimate of drug-likeness (QED) is 0.440. The van der Waals surface area contributed by atoms with Gasteiger partial charge in [0.05, 0.1) is 13.2 Å². The number of aliphatic hydroxyl groups excluding tert-OH is 1. The molecule has 8 nitrogen and oxygen atoms in total. The number of carbonyl (C=O) groups is 2. The fraction of sp³-hybridized carbons (Fsp3) is 0.846. The van der Waals surface area contributed by atoms with E-state index in [9.17, 15) is 14.7 Å². The number of rotatable bonds is 8. The molecule has 0 aromatic rings. The molecule has 8 heteroatoms. The zero-order valence-corrected chi connectivity index (χ0v) is 12.4. The minimum absolute atomic E-state index is 0.0150. The minimum atomic E-state index is -1.15. The molecule has 1 fully saturated rings. The van der Waals surface area contributed by atoms with E-state index in [-0.39, 0.29) is 24.7 Å². The second-order valence-electron chi connectivity index (χ2n) is 6.03. The number of aliphatic carboxylic acids is 1. The summed E-state index contributed by atoms with van der Waals surface area (Å²) in [7, 11) is 0. The van der Waals surface area contributed by atoms with Crippen LogP contribution in [-0.4, -0.2) is 53.9 Å². The highest BCUT2D eigenvalue weighted by Crippen LogP contribution is 2.24. The smallest absolute Gasteiger partial charge is 0.320 e. The van der Waals surface area contributed by atoms with E-state index in [0.29, 0.717) is 13.2 Å². The van der Waals surface area contributed by atoms with Crippen molar-refractivity contribution in [3.8, 4) is 0 Å². The number of hydrogen-bond acceptors (Lipinski definition) is 6. The van der Waals surface area contributed by atoms with E-state index in [1.54, 1.807) is 0 Å². The van der Waals surface area contributed by atoms with Gasteiger partial charge in [-0.15, -0.1) is 0 Å². The maximum atomic E-state index is 11.0. The van der Waals surface area contributed by atoms with Crippen LogP contribution in [-0.2, 0) is 19.1 Å². The van der Waals surface area contributed by atoms with Gasteiger partial charge in [-0.05, 0) is 6.42 Å². The predicted molar refractivity (Wildman–Crippen MR) is 73.1 cm³/mol. The van der Waals surface area contributed by atoms with Crippen LogP contribution in [0.3, 0.4) is 0 Å². The molecule has 122 valence electrons. The average Bonchev–Trinajstić information content (AvgIpc) is 2.36. The zero-order valence-electron chi connectivity index (χ0n) is 12.4. The molecule has 1 heterocycles. The first-order valence-electron chi connectivity index (χ1n) is 6.88. The molecule has 0 aliphatic carbocycles. The van der Waals surface area contributed by atoms with Crippen LogP contribution in [0.1, 0.15) is 33.1 Å². The van der Waals surface area contributed by atoms with Crippen molar-refractivity contribution in [1.29, 1.82) is 0 Å². The molecule has 0 spiro atoms. The number of ether oxygens (including phenoxy) is 2. The van der Waals surface area contributed by atoms with Crippen LogP contribution in [0, 0.1) is 5.41 Å². The number of primary amides is 1. The van der Waals surface area contributed by atoms with Gasteiger partial charge < -0.3 is 25.4 Å². The van der Waals surface area contributed by atoms with E-state index in [4.69, 9.17) is 20.3 Å². The summed E-state index contributed by atoms with van der Waals surface area (Å²) in [6.07, 6.45) is -1.63. The van der Waals surface area contributed by atoms with Crippen molar-refractivity contribution in [2.75, 3.05) is 13.2 Å². The summed E-state index contributed by atoms with van der Waals surface area (Å²) in [5.41, 5.74) is 4.91. The Morgan fingerprint density at radius 1 is 1.38 bits per heavy atom. The largest absolute Gasteiger partial charge is 0.480 e. The summed E-state index contributed by atoms with van der Waals surface area (Å²) in [6.45, 7) is 5.02. The van der Waals surface area contributed by atoms with E-state index in [1.807, 2.05) is 13.8 Å². The molecular weight excluding hydrogens is 280 g/mol. The van der Waals surface area contributed by atoms with Gasteiger partial charge in [0.25, 0.3) is 0 Å². The molecule has 21 heavy (non-hydrogen) atoms. The van der Waals surface area contributed by atoms with E-state index in [1.165, 1.54) is 0 Å². The third-order valence-electron chi connectivity index (χ3n) is 3.11. The summed E-state index contributed by atoms with van der Waals surface area (Å²) >= 11 is 0. The van der Waals surface area contributed by atoms with Crippen LogP contribution in [0.5, 0.6) is 0 Å². The lowest BCUT2D eigenvalue weighted by molar-refractivity contribution is -0.232. The van der Waals surface area contributed by atoms with Gasteiger partial charge in [0.1, 0.15) is 12.3 Å². The lowest BCUT2D eigenvalue weighted by Gasteiger charge is -2.35. The molecule has 0 aromatic heterocycles. The monoisotopic (exact) mass is 304 g/mol. The molecular formula is C13H24N2O6. The van der Waals surface area contributed by atoms with Crippen molar-refractivity contribution in [2.24, 2.45) is 11.1 Å². The standard InChI is InChI=1S/C13H24N2O6/c1-13(2)6-20-11(21-7-13)5-10(17)15-8(12(18)19)3-4-9(14)16/h8,10-11,15,17H,3-7H2,1-2H3,(H2,14,16)(H,18,19)/t8-,10?/m0/s1. The van der Waals surface area contributed by atoms with Crippen LogP contribution >= 0.6 is 0 Å². The van der Waals surface area contributed by atoms with Gasteiger partial charge in [0, 0.05) is 18.3 Å². The van der Waals surface area contributed by atoms with Gasteiger partial charge >= 0.3 is 5.97 Å². The molecule has 1 unspecified atom stereocenters. The number of carboxylic acids is 1. The van der Waals surface area contributed by atoms with Crippen molar-refractivity contribution in [2.45, 2.75) is 51.7 Å². The highest BCUT2D eigenvalue weighted by atomic mass is 16.7. The fourth-order valence-corrected chi connectivity index (χ4v) is 1.91. The van der Waals surface area contributed by atoms with Gasteiger partial charge in [-0.3, -0.25) is 14.9 Å². The molecule has 1 aliphatic rings. The summed E-state index contributed by atoms with van der Waals surface area (Å²) < 4.78 is 10.9. The minimum Gasteiger partial charge on any atom is -0.480 e. The topological polar surface area (TPSA) is 131 Å². The second-order valence-corrected chi connectivity index (χ2v) is 6.03. The lowest BCUT2D eigenvalue weighted by Crippen LogP contribution is -2.47. The Bertz CT molecular complexity index is 364. The van der Waals surface area contributed by atoms with Crippen LogP contribution in [0.4, 0.5) is 0 Å². The molecule has 1 rings (SSSR count). The van der Waals surface area contributed by atoms with Gasteiger partial charge in [-0.2, -0.15) is 0 Å². The van der Waals surface area contributed by atoms with Crippen molar-refractivity contribution >= 4 is 11.9 Å². The maximum Gasteiger partial charge on any atom is 0.320 e. The fourth-order valence-electron chi connectivity index (χ4n) is 1.91. The average molecular weight is 304 g/mol. The van der Waals surface area contributed by atoms with E-state index in [2.05, 4.69) is 5.32 Å². The van der Waals surface area contributed by atoms with E-state index in [0.717, 1.165) is 0 Å². The molecule has 1 saturated heterocycles. The van der Waals surface area contributed by atoms with Crippen molar-refractivity contribution < 1.29 is 29.3 Å². The van der Waals surface area contributed by atoms with Crippen molar-refractivity contribution in [3.05, 3.63) is 0 Å².